The fourth-order valence-electron chi connectivity index (χ4n) is 7.36. The minimum Gasteiger partial charge on any atom is -0.458 e. The highest BCUT2D eigenvalue weighted by atomic mass is 16.6. The second-order valence-corrected chi connectivity index (χ2v) is 12.7. The van der Waals surface area contributed by atoms with Crippen LogP contribution in [0.5, 0.6) is 0 Å². The van der Waals surface area contributed by atoms with Gasteiger partial charge in [0.1, 0.15) is 12.2 Å². The number of hydrogen-bond acceptors (Lipinski definition) is 10. The van der Waals surface area contributed by atoms with Crippen LogP contribution in [0, 0.1) is 22.7 Å². The highest BCUT2D eigenvalue weighted by molar-refractivity contribution is 6.47. The first kappa shape index (κ1) is 29.4. The number of rotatable bonds is 6. The van der Waals surface area contributed by atoms with E-state index in [1.54, 1.807) is 11.8 Å². The second-order valence-electron chi connectivity index (χ2n) is 12.7. The predicted molar refractivity (Wildman–Crippen MR) is 139 cm³/mol. The van der Waals surface area contributed by atoms with E-state index in [2.05, 4.69) is 0 Å². The van der Waals surface area contributed by atoms with Crippen molar-refractivity contribution in [3.63, 3.8) is 0 Å². The van der Waals surface area contributed by atoms with Crippen molar-refractivity contribution in [3.05, 3.63) is 22.9 Å². The van der Waals surface area contributed by atoms with Gasteiger partial charge in [-0.1, -0.05) is 13.8 Å². The molecule has 4 rings (SSSR count). The maximum atomic E-state index is 14.1. The number of nitrogens with zero attached hydrogens (tertiary/aromatic N) is 1. The summed E-state index contributed by atoms with van der Waals surface area (Å²) in [5.74, 6) is -4.35. The molecule has 2 N–H and O–H groups in total. The molecule has 0 radical (unpaired) electrons. The first-order valence-electron chi connectivity index (χ1n) is 13.6. The average molecular weight is 548 g/mol. The molecule has 3 aliphatic carbocycles. The zero-order valence-corrected chi connectivity index (χ0v) is 23.9. The van der Waals surface area contributed by atoms with E-state index in [9.17, 15) is 29.4 Å². The SMILES string of the molecule is COC[C@H]1OC(=O)C(=CN(CCO)C(C)(C)C)C2C(=O)C(=O)C3=C([C@H](OC(C)=O)C[C@@]4(C)C3CC[C@@H]4O)[C@]21C. The first-order valence-corrected chi connectivity index (χ1v) is 13.6. The Hall–Kier alpha value is -2.56. The van der Waals surface area contributed by atoms with Crippen LogP contribution < -0.4 is 0 Å². The molecule has 10 heteroatoms. The molecule has 1 saturated carbocycles. The first-order chi connectivity index (χ1) is 18.1. The van der Waals surface area contributed by atoms with Crippen LogP contribution >= 0.6 is 0 Å². The Bertz CT molecular complexity index is 1130. The van der Waals surface area contributed by atoms with Crippen LogP contribution in [0.2, 0.25) is 0 Å². The number of carbonyl (C=O) groups is 4. The monoisotopic (exact) mass is 547 g/mol. The Morgan fingerprint density at radius 2 is 1.87 bits per heavy atom. The number of methoxy groups -OCH3 is 1. The number of aliphatic hydroxyl groups is 2. The topological polar surface area (TPSA) is 140 Å². The number of cyclic esters (lactones) is 1. The smallest absolute Gasteiger partial charge is 0.336 e. The van der Waals surface area contributed by atoms with Gasteiger partial charge in [0.05, 0.1) is 30.8 Å². The minimum absolute atomic E-state index is 0.0134. The Morgan fingerprint density at radius 3 is 2.44 bits per heavy atom. The lowest BCUT2D eigenvalue weighted by Gasteiger charge is -2.56. The van der Waals surface area contributed by atoms with Crippen molar-refractivity contribution in [3.8, 4) is 0 Å². The van der Waals surface area contributed by atoms with E-state index in [1.807, 2.05) is 27.7 Å². The van der Waals surface area contributed by atoms with Crippen LogP contribution in [0.25, 0.3) is 0 Å². The Balaban J connectivity index is 2.01. The van der Waals surface area contributed by atoms with Crippen molar-refractivity contribution in [2.45, 2.75) is 84.7 Å². The van der Waals surface area contributed by atoms with E-state index in [0.717, 1.165) is 0 Å². The predicted octanol–water partition coefficient (Wildman–Crippen LogP) is 1.72. The van der Waals surface area contributed by atoms with Crippen molar-refractivity contribution in [1.29, 1.82) is 0 Å². The standard InChI is InChI=1S/C29H41NO9/c1-15(32)38-18-12-28(5)17(8-9-19(28)33)21-23(18)29(6)20(14-37-7)39-26(36)16(22(29)25(35)24(21)34)13-30(10-11-31)27(2,3)4/h13,17-20,22,31,33H,8-12,14H2,1-7H3/t17?,18-,19+,20-,22?,28+,29+/m1/s1. The van der Waals surface area contributed by atoms with Crippen molar-refractivity contribution >= 4 is 23.5 Å². The van der Waals surface area contributed by atoms with E-state index in [4.69, 9.17) is 14.2 Å². The number of hydrogen-bond donors (Lipinski definition) is 2. The summed E-state index contributed by atoms with van der Waals surface area (Å²) in [6.07, 6.45) is 0.195. The molecule has 1 saturated heterocycles. The summed E-state index contributed by atoms with van der Waals surface area (Å²) in [6, 6.07) is 0. The van der Waals surface area contributed by atoms with Gasteiger partial charge in [-0.25, -0.2) is 4.79 Å². The van der Waals surface area contributed by atoms with Gasteiger partial charge in [-0.15, -0.1) is 0 Å². The summed E-state index contributed by atoms with van der Waals surface area (Å²) in [7, 11) is 1.46. The van der Waals surface area contributed by atoms with Crippen molar-refractivity contribution < 1.29 is 43.6 Å². The summed E-state index contributed by atoms with van der Waals surface area (Å²) in [4.78, 5) is 55.6. The van der Waals surface area contributed by atoms with Gasteiger partial charge in [0.25, 0.3) is 0 Å². The van der Waals surface area contributed by atoms with Gasteiger partial charge in [0.15, 0.2) is 0 Å². The van der Waals surface area contributed by atoms with Crippen LogP contribution in [0.3, 0.4) is 0 Å². The Labute approximate surface area is 229 Å². The molecule has 0 aromatic rings. The van der Waals surface area contributed by atoms with E-state index in [-0.39, 0.29) is 37.3 Å². The van der Waals surface area contributed by atoms with Gasteiger partial charge in [-0.2, -0.15) is 0 Å². The molecule has 1 heterocycles. The highest BCUT2D eigenvalue weighted by Crippen LogP contribution is 2.63. The Morgan fingerprint density at radius 1 is 1.21 bits per heavy atom. The van der Waals surface area contributed by atoms with Gasteiger partial charge >= 0.3 is 11.9 Å². The molecule has 10 nitrogen and oxygen atoms in total. The maximum absolute atomic E-state index is 14.1. The number of esters is 2. The number of aliphatic hydroxyl groups excluding tert-OH is 2. The normalized spacial score (nSPS) is 37.3. The number of β-amino-alcohol motifs (C(OH)–C–C–N with tert-alkyl or cyclic N) is 1. The molecule has 0 bridgehead atoms. The van der Waals surface area contributed by atoms with Crippen molar-refractivity contribution in [2.24, 2.45) is 22.7 Å². The number of Topliss-reactive ketones (excluding diaryl/α,β-unsaturated/α-hetero) is 2. The number of ketones is 2. The van der Waals surface area contributed by atoms with Crippen LogP contribution in [0.15, 0.2) is 22.9 Å². The fourth-order valence-corrected chi connectivity index (χ4v) is 7.36. The molecule has 0 amide bonds. The van der Waals surface area contributed by atoms with E-state index in [0.29, 0.717) is 18.4 Å². The summed E-state index contributed by atoms with van der Waals surface area (Å²) in [6.45, 7) is 10.6. The molecule has 0 spiro atoms. The summed E-state index contributed by atoms with van der Waals surface area (Å²) in [5.41, 5.74) is -1.77. The molecule has 216 valence electrons. The quantitative estimate of drug-likeness (QED) is 0.287. The zero-order chi connectivity index (χ0) is 29.1. The molecule has 0 aromatic carbocycles. The number of ether oxygens (including phenoxy) is 3. The van der Waals surface area contributed by atoms with E-state index < -0.39 is 70.0 Å². The largest absolute Gasteiger partial charge is 0.458 e. The molecule has 7 atom stereocenters. The highest BCUT2D eigenvalue weighted by Gasteiger charge is 2.67. The molecular weight excluding hydrogens is 506 g/mol. The third kappa shape index (κ3) is 4.54. The molecule has 2 unspecified atom stereocenters. The number of allylic oxidation sites excluding steroid dienone is 1. The lowest BCUT2D eigenvalue weighted by molar-refractivity contribution is -0.175. The van der Waals surface area contributed by atoms with Crippen LogP contribution in [0.4, 0.5) is 0 Å². The van der Waals surface area contributed by atoms with E-state index in [1.165, 1.54) is 20.2 Å². The number of carbonyl (C=O) groups excluding carboxylic acids is 4. The van der Waals surface area contributed by atoms with Crippen LogP contribution in [-0.4, -0.2) is 89.3 Å². The van der Waals surface area contributed by atoms with Crippen LogP contribution in [-0.2, 0) is 33.4 Å². The van der Waals surface area contributed by atoms with Crippen LogP contribution in [0.1, 0.15) is 60.8 Å². The lowest BCUT2D eigenvalue weighted by atomic mass is 9.50. The molecule has 2 fully saturated rings. The third-order valence-corrected chi connectivity index (χ3v) is 9.37. The lowest BCUT2D eigenvalue weighted by Crippen LogP contribution is -2.63. The Kier molecular flexibility index (Phi) is 7.64. The molecule has 39 heavy (non-hydrogen) atoms. The fraction of sp³-hybridized carbons (Fsp3) is 0.724. The molecule has 1 aliphatic heterocycles. The zero-order valence-electron chi connectivity index (χ0n) is 23.9. The summed E-state index contributed by atoms with van der Waals surface area (Å²) in [5, 5.41) is 20.6. The minimum atomic E-state index is -1.26. The second kappa shape index (κ2) is 10.1. The summed E-state index contributed by atoms with van der Waals surface area (Å²) >= 11 is 0. The third-order valence-electron chi connectivity index (χ3n) is 9.37. The summed E-state index contributed by atoms with van der Waals surface area (Å²) < 4.78 is 17.2. The van der Waals surface area contributed by atoms with Gasteiger partial charge in [0, 0.05) is 48.7 Å². The molecule has 0 aromatic heterocycles. The van der Waals surface area contributed by atoms with Gasteiger partial charge in [-0.3, -0.25) is 14.4 Å². The average Bonchev–Trinajstić information content (AvgIpc) is 3.12. The van der Waals surface area contributed by atoms with Gasteiger partial charge < -0.3 is 29.3 Å². The number of fused-ring (bicyclic) bond motifs is 4. The van der Waals surface area contributed by atoms with Gasteiger partial charge in [-0.05, 0) is 51.5 Å². The van der Waals surface area contributed by atoms with Crippen molar-refractivity contribution in [1.82, 2.24) is 4.90 Å². The van der Waals surface area contributed by atoms with Gasteiger partial charge in [0.2, 0.25) is 11.6 Å². The van der Waals surface area contributed by atoms with E-state index >= 15 is 0 Å². The molecule has 4 aliphatic rings. The maximum Gasteiger partial charge on any atom is 0.336 e. The van der Waals surface area contributed by atoms with Crippen molar-refractivity contribution in [2.75, 3.05) is 26.9 Å². The molecular formula is C29H41NO9.